The highest BCUT2D eigenvalue weighted by Crippen LogP contribution is 1.89. The first-order valence-corrected chi connectivity index (χ1v) is 4.01. The van der Waals surface area contributed by atoms with Crippen LogP contribution in [0.3, 0.4) is 0 Å². The summed E-state index contributed by atoms with van der Waals surface area (Å²) in [5.41, 5.74) is 0. The zero-order valence-corrected chi connectivity index (χ0v) is 6.54. The lowest BCUT2D eigenvalue weighted by molar-refractivity contribution is -0.114. The molecule has 0 radical (unpaired) electrons. The standard InChI is InChI=1S/C7H6N2OS/c10-5-9-2-1-7-6(4-9)3-8-11-7/h1,3-5H,2H2. The van der Waals surface area contributed by atoms with E-state index in [1.54, 1.807) is 11.1 Å². The Morgan fingerprint density at radius 3 is 3.45 bits per heavy atom. The molecule has 1 aliphatic heterocycles. The molecule has 0 saturated heterocycles. The van der Waals surface area contributed by atoms with Gasteiger partial charge in [0.05, 0.1) is 4.53 Å². The second kappa shape index (κ2) is 2.47. The smallest absolute Gasteiger partial charge is 0.213 e. The van der Waals surface area contributed by atoms with E-state index in [0.29, 0.717) is 6.54 Å². The molecule has 0 unspecified atom stereocenters. The van der Waals surface area contributed by atoms with Gasteiger partial charge in [-0.2, -0.15) is 4.37 Å². The van der Waals surface area contributed by atoms with Crippen molar-refractivity contribution in [1.82, 2.24) is 9.27 Å². The molecule has 1 aromatic heterocycles. The topological polar surface area (TPSA) is 33.2 Å². The van der Waals surface area contributed by atoms with Crippen molar-refractivity contribution in [3.8, 4) is 0 Å². The van der Waals surface area contributed by atoms with Crippen molar-refractivity contribution >= 4 is 30.2 Å². The summed E-state index contributed by atoms with van der Waals surface area (Å²) in [6, 6.07) is 0. The van der Waals surface area contributed by atoms with Crippen molar-refractivity contribution in [3.63, 3.8) is 0 Å². The van der Waals surface area contributed by atoms with E-state index in [1.807, 2.05) is 12.3 Å². The van der Waals surface area contributed by atoms with Gasteiger partial charge in [0.25, 0.3) is 0 Å². The molecule has 0 bridgehead atoms. The van der Waals surface area contributed by atoms with Gasteiger partial charge in [-0.05, 0) is 17.6 Å². The van der Waals surface area contributed by atoms with Crippen molar-refractivity contribution in [2.24, 2.45) is 0 Å². The van der Waals surface area contributed by atoms with Crippen LogP contribution in [0.5, 0.6) is 0 Å². The Balaban J connectivity index is 2.61. The Morgan fingerprint density at radius 1 is 1.73 bits per heavy atom. The Hall–Kier alpha value is -1.16. The number of aromatic nitrogens is 1. The molecule has 0 saturated carbocycles. The van der Waals surface area contributed by atoms with E-state index in [-0.39, 0.29) is 0 Å². The maximum Gasteiger partial charge on any atom is 0.213 e. The van der Waals surface area contributed by atoms with Gasteiger partial charge in [-0.15, -0.1) is 0 Å². The number of rotatable bonds is 1. The van der Waals surface area contributed by atoms with E-state index in [9.17, 15) is 4.79 Å². The van der Waals surface area contributed by atoms with Crippen LogP contribution < -0.4 is 9.75 Å². The zero-order chi connectivity index (χ0) is 7.68. The van der Waals surface area contributed by atoms with Gasteiger partial charge in [-0.1, -0.05) is 0 Å². The van der Waals surface area contributed by atoms with Gasteiger partial charge in [-0.25, -0.2) is 0 Å². The summed E-state index contributed by atoms with van der Waals surface area (Å²) in [5.74, 6) is 0. The third-order valence-corrected chi connectivity index (χ3v) is 2.37. The molecular formula is C7H6N2OS. The molecule has 0 aromatic carbocycles. The molecule has 1 aromatic rings. The fourth-order valence-electron chi connectivity index (χ4n) is 1.00. The molecule has 0 N–H and O–H groups in total. The third-order valence-electron chi connectivity index (χ3n) is 1.56. The molecule has 2 rings (SSSR count). The normalized spacial score (nSPS) is 14.7. The Kier molecular flexibility index (Phi) is 1.47. The van der Waals surface area contributed by atoms with Gasteiger partial charge in [0, 0.05) is 24.2 Å². The van der Waals surface area contributed by atoms with Gasteiger partial charge in [0.1, 0.15) is 0 Å². The average Bonchev–Trinajstić information content (AvgIpc) is 2.50. The molecule has 56 valence electrons. The lowest BCUT2D eigenvalue weighted by Gasteiger charge is -2.09. The molecule has 2 heterocycles. The predicted molar refractivity (Wildman–Crippen MR) is 43.1 cm³/mol. The summed E-state index contributed by atoms with van der Waals surface area (Å²) in [5, 5.41) is 1.04. The first kappa shape index (κ1) is 6.54. The van der Waals surface area contributed by atoms with Crippen LogP contribution in [0.15, 0.2) is 6.20 Å². The summed E-state index contributed by atoms with van der Waals surface area (Å²) in [7, 11) is 0. The molecule has 1 amide bonds. The Bertz CT molecular complexity index is 381. The molecule has 0 spiro atoms. The third kappa shape index (κ3) is 1.05. The summed E-state index contributed by atoms with van der Waals surface area (Å²) >= 11 is 1.46. The molecule has 4 heteroatoms. The number of fused-ring (bicyclic) bond motifs is 1. The summed E-state index contributed by atoms with van der Waals surface area (Å²) in [6.45, 7) is 0.665. The van der Waals surface area contributed by atoms with Crippen LogP contribution in [0.4, 0.5) is 0 Å². The van der Waals surface area contributed by atoms with Crippen LogP contribution in [0.1, 0.15) is 0 Å². The van der Waals surface area contributed by atoms with Crippen molar-refractivity contribution < 1.29 is 4.79 Å². The largest absolute Gasteiger partial charge is 0.317 e. The van der Waals surface area contributed by atoms with Gasteiger partial charge >= 0.3 is 0 Å². The van der Waals surface area contributed by atoms with Crippen LogP contribution in [0.25, 0.3) is 12.3 Å². The lowest BCUT2D eigenvalue weighted by atomic mass is 10.3. The fraction of sp³-hybridized carbons (Fsp3) is 0.143. The minimum absolute atomic E-state index is 0.665. The summed E-state index contributed by atoms with van der Waals surface area (Å²) in [4.78, 5) is 11.9. The van der Waals surface area contributed by atoms with E-state index in [1.165, 1.54) is 11.5 Å². The van der Waals surface area contributed by atoms with Crippen molar-refractivity contribution in [2.45, 2.75) is 0 Å². The molecule has 0 atom stereocenters. The number of hydrogen-bond donors (Lipinski definition) is 0. The first-order chi connectivity index (χ1) is 5.40. The molecule has 0 aliphatic carbocycles. The minimum atomic E-state index is 0.665. The molecule has 3 nitrogen and oxygen atoms in total. The van der Waals surface area contributed by atoms with Crippen molar-refractivity contribution in [3.05, 3.63) is 15.9 Å². The molecule has 0 fully saturated rings. The second-order valence-electron chi connectivity index (χ2n) is 2.28. The highest BCUT2D eigenvalue weighted by atomic mass is 32.1. The van der Waals surface area contributed by atoms with Gasteiger partial charge in [0.15, 0.2) is 0 Å². The molecule has 1 aliphatic rings. The quantitative estimate of drug-likeness (QED) is 0.508. The van der Waals surface area contributed by atoms with E-state index >= 15 is 0 Å². The average molecular weight is 166 g/mol. The van der Waals surface area contributed by atoms with Gasteiger partial charge < -0.3 is 4.90 Å². The Morgan fingerprint density at radius 2 is 2.64 bits per heavy atom. The molecular weight excluding hydrogens is 160 g/mol. The zero-order valence-electron chi connectivity index (χ0n) is 5.73. The van der Waals surface area contributed by atoms with Crippen molar-refractivity contribution in [2.75, 3.05) is 6.54 Å². The monoisotopic (exact) mass is 166 g/mol. The van der Waals surface area contributed by atoms with Crippen LogP contribution in [-0.4, -0.2) is 22.2 Å². The fourth-order valence-corrected chi connectivity index (χ4v) is 1.64. The van der Waals surface area contributed by atoms with Gasteiger partial charge in [0.2, 0.25) is 6.41 Å². The predicted octanol–water partition coefficient (Wildman–Crippen LogP) is -0.866. The maximum atomic E-state index is 10.3. The highest BCUT2D eigenvalue weighted by molar-refractivity contribution is 7.03. The number of nitrogens with zero attached hydrogens (tertiary/aromatic N) is 2. The lowest BCUT2D eigenvalue weighted by Crippen LogP contribution is -2.31. The summed E-state index contributed by atoms with van der Waals surface area (Å²) < 4.78 is 5.16. The van der Waals surface area contributed by atoms with Crippen molar-refractivity contribution in [1.29, 1.82) is 0 Å². The van der Waals surface area contributed by atoms with Crippen LogP contribution in [-0.2, 0) is 4.79 Å². The SMILES string of the molecule is O=CN1C=c2cnsc2=CC1. The van der Waals surface area contributed by atoms with E-state index in [0.717, 1.165) is 16.2 Å². The Labute approximate surface area is 67.4 Å². The van der Waals surface area contributed by atoms with E-state index in [2.05, 4.69) is 4.37 Å². The van der Waals surface area contributed by atoms with Crippen LogP contribution in [0, 0.1) is 0 Å². The van der Waals surface area contributed by atoms with E-state index in [4.69, 9.17) is 0 Å². The number of hydrogen-bond acceptors (Lipinski definition) is 3. The second-order valence-corrected chi connectivity index (χ2v) is 3.11. The highest BCUT2D eigenvalue weighted by Gasteiger charge is 2.00. The summed E-state index contributed by atoms with van der Waals surface area (Å²) in [6.07, 6.45) is 6.40. The number of amides is 1. The number of carbonyl (C=O) groups is 1. The van der Waals surface area contributed by atoms with Crippen LogP contribution in [0.2, 0.25) is 0 Å². The van der Waals surface area contributed by atoms with Gasteiger partial charge in [-0.3, -0.25) is 4.79 Å². The number of carbonyl (C=O) groups excluding carboxylic acids is 1. The minimum Gasteiger partial charge on any atom is -0.317 e. The molecule has 11 heavy (non-hydrogen) atoms. The first-order valence-electron chi connectivity index (χ1n) is 3.24. The van der Waals surface area contributed by atoms with E-state index < -0.39 is 0 Å². The maximum absolute atomic E-state index is 10.3. The van der Waals surface area contributed by atoms with Crippen LogP contribution >= 0.6 is 11.5 Å².